The topological polar surface area (TPSA) is 277 Å². The van der Waals surface area contributed by atoms with Gasteiger partial charge in [0.2, 0.25) is 29.5 Å². The average molecular weight is 434 g/mol. The van der Waals surface area contributed by atoms with Crippen LogP contribution in [0, 0.1) is 0 Å². The fourth-order valence-electron chi connectivity index (χ4n) is 2.09. The standard InChI is InChI=1S/C15H26N6O9/c1-5(23)11(14(28)20-8(15(29)30)3-10(18)25)21-13(27)7(2-9(17)24)19-12(26)6(16)4-22/h5-8,11,22-23H,2-4,16H2,1H3,(H2,17,24)(H2,18,25)(H,19,26)(H,20,28)(H,21,27)(H,29,30). The number of carboxylic acid groups (broad SMARTS) is 1. The summed E-state index contributed by atoms with van der Waals surface area (Å²) in [5.74, 6) is -6.92. The largest absolute Gasteiger partial charge is 0.480 e. The van der Waals surface area contributed by atoms with E-state index in [0.29, 0.717) is 0 Å². The van der Waals surface area contributed by atoms with Crippen LogP contribution in [-0.2, 0) is 28.8 Å². The second-order valence-electron chi connectivity index (χ2n) is 6.32. The molecule has 5 atom stereocenters. The maximum absolute atomic E-state index is 12.4. The number of aliphatic carboxylic acids is 1. The van der Waals surface area contributed by atoms with Crippen LogP contribution in [0.5, 0.6) is 0 Å². The molecule has 0 aliphatic heterocycles. The molecule has 0 bridgehead atoms. The third-order valence-electron chi connectivity index (χ3n) is 3.65. The van der Waals surface area contributed by atoms with Gasteiger partial charge in [0.05, 0.1) is 25.6 Å². The Hall–Kier alpha value is -3.30. The molecule has 5 amide bonds. The molecule has 0 aliphatic rings. The molecule has 0 saturated carbocycles. The normalized spacial score (nSPS) is 15.6. The molecule has 0 aromatic rings. The number of carbonyl (C=O) groups excluding carboxylic acids is 5. The molecule has 0 heterocycles. The van der Waals surface area contributed by atoms with Crippen molar-refractivity contribution in [2.45, 2.75) is 50.0 Å². The first-order valence-corrected chi connectivity index (χ1v) is 8.55. The summed E-state index contributed by atoms with van der Waals surface area (Å²) in [7, 11) is 0. The Labute approximate surface area is 170 Å². The zero-order chi connectivity index (χ0) is 23.6. The smallest absolute Gasteiger partial charge is 0.326 e. The van der Waals surface area contributed by atoms with Crippen molar-refractivity contribution in [3.8, 4) is 0 Å². The summed E-state index contributed by atoms with van der Waals surface area (Å²) in [5, 5.41) is 33.7. The minimum Gasteiger partial charge on any atom is -0.480 e. The third-order valence-corrected chi connectivity index (χ3v) is 3.65. The number of carboxylic acids is 1. The van der Waals surface area contributed by atoms with Crippen LogP contribution in [0.4, 0.5) is 0 Å². The van der Waals surface area contributed by atoms with E-state index in [1.807, 2.05) is 10.6 Å². The van der Waals surface area contributed by atoms with Crippen molar-refractivity contribution in [3.05, 3.63) is 0 Å². The Morgan fingerprint density at radius 1 is 0.833 bits per heavy atom. The lowest BCUT2D eigenvalue weighted by Crippen LogP contribution is -2.60. The summed E-state index contributed by atoms with van der Waals surface area (Å²) >= 11 is 0. The highest BCUT2D eigenvalue weighted by molar-refractivity contribution is 5.96. The molecular formula is C15H26N6O9. The number of carbonyl (C=O) groups is 6. The quantitative estimate of drug-likeness (QED) is 0.132. The predicted molar refractivity (Wildman–Crippen MR) is 97.8 cm³/mol. The fraction of sp³-hybridized carbons (Fsp3) is 0.600. The first-order valence-electron chi connectivity index (χ1n) is 8.55. The van der Waals surface area contributed by atoms with Gasteiger partial charge in [-0.05, 0) is 6.92 Å². The molecule has 170 valence electrons. The number of nitrogens with one attached hydrogen (secondary N) is 3. The highest BCUT2D eigenvalue weighted by Crippen LogP contribution is 2.01. The van der Waals surface area contributed by atoms with E-state index in [9.17, 15) is 33.9 Å². The number of aliphatic hydroxyl groups is 2. The van der Waals surface area contributed by atoms with E-state index >= 15 is 0 Å². The lowest BCUT2D eigenvalue weighted by Gasteiger charge is -2.25. The zero-order valence-electron chi connectivity index (χ0n) is 16.0. The molecule has 0 aromatic heterocycles. The minimum absolute atomic E-state index is 0.705. The van der Waals surface area contributed by atoms with Gasteiger partial charge in [0.15, 0.2) is 0 Å². The van der Waals surface area contributed by atoms with Crippen LogP contribution in [0.2, 0.25) is 0 Å². The van der Waals surface area contributed by atoms with Crippen molar-refractivity contribution in [1.29, 1.82) is 0 Å². The van der Waals surface area contributed by atoms with E-state index in [2.05, 4.69) is 5.32 Å². The second-order valence-corrected chi connectivity index (χ2v) is 6.32. The molecule has 0 saturated heterocycles. The van der Waals surface area contributed by atoms with Crippen LogP contribution in [0.25, 0.3) is 0 Å². The number of hydrogen-bond donors (Lipinski definition) is 9. The average Bonchev–Trinajstić information content (AvgIpc) is 2.62. The summed E-state index contributed by atoms with van der Waals surface area (Å²) in [6, 6.07) is -6.47. The van der Waals surface area contributed by atoms with E-state index in [1.165, 1.54) is 0 Å². The molecule has 0 spiro atoms. The van der Waals surface area contributed by atoms with Crippen molar-refractivity contribution < 1.29 is 44.1 Å². The molecule has 15 heteroatoms. The van der Waals surface area contributed by atoms with Gasteiger partial charge in [-0.3, -0.25) is 24.0 Å². The van der Waals surface area contributed by atoms with E-state index < -0.39 is 85.2 Å². The maximum atomic E-state index is 12.4. The summed E-state index contributed by atoms with van der Waals surface area (Å²) < 4.78 is 0. The first-order chi connectivity index (χ1) is 13.8. The summed E-state index contributed by atoms with van der Waals surface area (Å²) in [6.45, 7) is 0.337. The van der Waals surface area contributed by atoms with E-state index in [1.54, 1.807) is 0 Å². The number of hydrogen-bond acceptors (Lipinski definition) is 9. The molecule has 12 N–H and O–H groups in total. The highest BCUT2D eigenvalue weighted by atomic mass is 16.4. The Morgan fingerprint density at radius 2 is 1.30 bits per heavy atom. The SMILES string of the molecule is CC(O)C(NC(=O)C(CC(N)=O)NC(=O)C(N)CO)C(=O)NC(CC(N)=O)C(=O)O. The van der Waals surface area contributed by atoms with Crippen molar-refractivity contribution in [2.75, 3.05) is 6.61 Å². The van der Waals surface area contributed by atoms with Gasteiger partial charge in [-0.25, -0.2) is 4.79 Å². The van der Waals surface area contributed by atoms with Crippen LogP contribution in [0.15, 0.2) is 0 Å². The fourth-order valence-corrected chi connectivity index (χ4v) is 2.09. The Kier molecular flexibility index (Phi) is 10.9. The van der Waals surface area contributed by atoms with Gasteiger partial charge in [0.25, 0.3) is 0 Å². The van der Waals surface area contributed by atoms with Crippen LogP contribution in [-0.4, -0.2) is 87.7 Å². The maximum Gasteiger partial charge on any atom is 0.326 e. The van der Waals surface area contributed by atoms with Crippen molar-refractivity contribution in [3.63, 3.8) is 0 Å². The summed E-state index contributed by atoms with van der Waals surface area (Å²) in [4.78, 5) is 69.7. The van der Waals surface area contributed by atoms with Gasteiger partial charge >= 0.3 is 5.97 Å². The van der Waals surface area contributed by atoms with Crippen LogP contribution >= 0.6 is 0 Å². The molecule has 0 aromatic carbocycles. The van der Waals surface area contributed by atoms with Crippen molar-refractivity contribution in [1.82, 2.24) is 16.0 Å². The minimum atomic E-state index is -1.73. The Balaban J connectivity index is 5.42. The van der Waals surface area contributed by atoms with Gasteiger partial charge in [0.1, 0.15) is 24.2 Å². The van der Waals surface area contributed by atoms with Crippen molar-refractivity contribution in [2.24, 2.45) is 17.2 Å². The Morgan fingerprint density at radius 3 is 1.70 bits per heavy atom. The third kappa shape index (κ3) is 9.26. The predicted octanol–water partition coefficient (Wildman–Crippen LogP) is -6.02. The second kappa shape index (κ2) is 12.3. The lowest BCUT2D eigenvalue weighted by atomic mass is 10.1. The molecule has 5 unspecified atom stereocenters. The molecule has 0 rings (SSSR count). The summed E-state index contributed by atoms with van der Waals surface area (Å²) in [6.07, 6.45) is -3.01. The van der Waals surface area contributed by atoms with Gasteiger partial charge < -0.3 is 48.5 Å². The van der Waals surface area contributed by atoms with Gasteiger partial charge in [-0.2, -0.15) is 0 Å². The van der Waals surface area contributed by atoms with E-state index in [-0.39, 0.29) is 0 Å². The van der Waals surface area contributed by atoms with Crippen LogP contribution in [0.1, 0.15) is 19.8 Å². The zero-order valence-corrected chi connectivity index (χ0v) is 16.0. The first kappa shape index (κ1) is 26.7. The van der Waals surface area contributed by atoms with Crippen LogP contribution < -0.4 is 33.2 Å². The number of nitrogens with two attached hydrogens (primary N) is 3. The monoisotopic (exact) mass is 434 g/mol. The van der Waals surface area contributed by atoms with Crippen LogP contribution in [0.3, 0.4) is 0 Å². The summed E-state index contributed by atoms with van der Waals surface area (Å²) in [5.41, 5.74) is 15.2. The van der Waals surface area contributed by atoms with Gasteiger partial charge in [-0.15, -0.1) is 0 Å². The van der Waals surface area contributed by atoms with E-state index in [4.69, 9.17) is 27.4 Å². The van der Waals surface area contributed by atoms with Crippen molar-refractivity contribution >= 4 is 35.5 Å². The molecule has 15 nitrogen and oxygen atoms in total. The number of amides is 5. The highest BCUT2D eigenvalue weighted by Gasteiger charge is 2.33. The molecule has 30 heavy (non-hydrogen) atoms. The molecule has 0 fully saturated rings. The molecular weight excluding hydrogens is 408 g/mol. The number of primary amides is 2. The number of rotatable bonds is 13. The number of aliphatic hydroxyl groups excluding tert-OH is 2. The van der Waals surface area contributed by atoms with Gasteiger partial charge in [0, 0.05) is 0 Å². The lowest BCUT2D eigenvalue weighted by molar-refractivity contribution is -0.144. The Bertz CT molecular complexity index is 684. The van der Waals surface area contributed by atoms with E-state index in [0.717, 1.165) is 6.92 Å². The van der Waals surface area contributed by atoms with Gasteiger partial charge in [-0.1, -0.05) is 0 Å². The molecule has 0 aliphatic carbocycles. The molecule has 0 radical (unpaired) electrons.